The number of rotatable bonds is 6. The molecule has 34 heavy (non-hydrogen) atoms. The van der Waals surface area contributed by atoms with Crippen molar-refractivity contribution in [1.82, 2.24) is 20.2 Å². The van der Waals surface area contributed by atoms with Crippen LogP contribution in [0.3, 0.4) is 0 Å². The monoisotopic (exact) mass is 468 g/mol. The fourth-order valence-electron chi connectivity index (χ4n) is 5.08. The van der Waals surface area contributed by atoms with Gasteiger partial charge in [-0.1, -0.05) is 39.3 Å². The largest absolute Gasteiger partial charge is 0.456 e. The van der Waals surface area contributed by atoms with Gasteiger partial charge < -0.3 is 15.0 Å². The number of aromatic nitrogens is 2. The van der Waals surface area contributed by atoms with Gasteiger partial charge in [-0.25, -0.2) is 9.78 Å². The molecule has 2 fully saturated rings. The summed E-state index contributed by atoms with van der Waals surface area (Å²) in [6, 6.07) is 4.72. The molecule has 9 nitrogen and oxygen atoms in total. The molecule has 9 heteroatoms. The van der Waals surface area contributed by atoms with Gasteiger partial charge in [-0.2, -0.15) is 0 Å². The second-order valence-electron chi connectivity index (χ2n) is 10.2. The Morgan fingerprint density at radius 3 is 2.62 bits per heavy atom. The number of esters is 1. The summed E-state index contributed by atoms with van der Waals surface area (Å²) < 4.78 is 5.24. The molecule has 1 aliphatic heterocycles. The standard InChI is InChI=1S/C25H32N4O5/c1-5-24(3,4)16-9-11-25(12-10-16)22(32)29(23(33)28-25)13-19(30)34-14-18-26-20-15(2)7-6-8-17(20)21(31)27-18/h6-8,16H,5,9-14H2,1-4H3,(H,28,33)(H,26,27,31). The molecule has 1 aromatic heterocycles. The Morgan fingerprint density at radius 2 is 1.94 bits per heavy atom. The van der Waals surface area contributed by atoms with Crippen molar-refractivity contribution in [3.05, 3.63) is 39.9 Å². The summed E-state index contributed by atoms with van der Waals surface area (Å²) in [6.45, 7) is 7.76. The Labute approximate surface area is 198 Å². The van der Waals surface area contributed by atoms with Crippen LogP contribution in [0.25, 0.3) is 10.9 Å². The topological polar surface area (TPSA) is 121 Å². The van der Waals surface area contributed by atoms with Crippen LogP contribution >= 0.6 is 0 Å². The van der Waals surface area contributed by atoms with Crippen molar-refractivity contribution >= 4 is 28.8 Å². The summed E-state index contributed by atoms with van der Waals surface area (Å²) in [5.74, 6) is -0.415. The first-order valence-electron chi connectivity index (χ1n) is 11.8. The van der Waals surface area contributed by atoms with Gasteiger partial charge in [0.15, 0.2) is 0 Å². The number of imide groups is 1. The fraction of sp³-hybridized carbons (Fsp3) is 0.560. The van der Waals surface area contributed by atoms with Gasteiger partial charge in [0.25, 0.3) is 11.5 Å². The number of ether oxygens (including phenoxy) is 1. The highest BCUT2D eigenvalue weighted by Gasteiger charge is 2.53. The lowest BCUT2D eigenvalue weighted by atomic mass is 9.65. The van der Waals surface area contributed by atoms with E-state index in [-0.39, 0.29) is 29.3 Å². The van der Waals surface area contributed by atoms with Crippen LogP contribution in [0, 0.1) is 18.3 Å². The molecule has 2 N–H and O–H groups in total. The number of carbonyl (C=O) groups excluding carboxylic acids is 3. The highest BCUT2D eigenvalue weighted by Crippen LogP contribution is 2.45. The van der Waals surface area contributed by atoms with E-state index in [0.717, 1.165) is 29.7 Å². The van der Waals surface area contributed by atoms with E-state index in [9.17, 15) is 19.2 Å². The summed E-state index contributed by atoms with van der Waals surface area (Å²) >= 11 is 0. The number of nitrogens with zero attached hydrogens (tertiary/aromatic N) is 2. The molecule has 2 heterocycles. The first-order valence-corrected chi connectivity index (χ1v) is 11.8. The van der Waals surface area contributed by atoms with Gasteiger partial charge in [0.2, 0.25) is 0 Å². The van der Waals surface area contributed by atoms with Crippen molar-refractivity contribution < 1.29 is 19.1 Å². The molecular weight excluding hydrogens is 436 g/mol. The number of H-pyrrole nitrogens is 1. The van der Waals surface area contributed by atoms with E-state index < -0.39 is 24.1 Å². The minimum Gasteiger partial charge on any atom is -0.456 e. The fourth-order valence-corrected chi connectivity index (χ4v) is 5.08. The molecule has 0 radical (unpaired) electrons. The molecule has 2 aliphatic rings. The maximum atomic E-state index is 13.1. The molecule has 182 valence electrons. The lowest BCUT2D eigenvalue weighted by Gasteiger charge is -2.42. The predicted octanol–water partition coefficient (Wildman–Crippen LogP) is 3.19. The number of carbonyl (C=O) groups is 3. The quantitative estimate of drug-likeness (QED) is 0.496. The van der Waals surface area contributed by atoms with Crippen LogP contribution < -0.4 is 10.9 Å². The molecule has 1 saturated heterocycles. The highest BCUT2D eigenvalue weighted by molar-refractivity contribution is 6.08. The Kier molecular flexibility index (Phi) is 6.22. The number of para-hydroxylation sites is 1. The second kappa shape index (κ2) is 8.85. The zero-order valence-corrected chi connectivity index (χ0v) is 20.2. The Bertz CT molecular complexity index is 1190. The van der Waals surface area contributed by atoms with Crippen molar-refractivity contribution in [2.24, 2.45) is 11.3 Å². The molecular formula is C25H32N4O5. The van der Waals surface area contributed by atoms with E-state index in [0.29, 0.717) is 29.7 Å². The number of nitrogens with one attached hydrogen (secondary N) is 2. The SMILES string of the molecule is CCC(C)(C)C1CCC2(CC1)NC(=O)N(CC(=O)OCc1nc3c(C)cccc3c(=O)[nH]1)C2=O. The molecule has 0 atom stereocenters. The Hall–Kier alpha value is -3.23. The molecule has 1 saturated carbocycles. The van der Waals surface area contributed by atoms with Crippen LogP contribution in [-0.2, 0) is 20.9 Å². The summed E-state index contributed by atoms with van der Waals surface area (Å²) in [5, 5.41) is 3.30. The average molecular weight is 469 g/mol. The second-order valence-corrected chi connectivity index (χ2v) is 10.2. The molecule has 0 bridgehead atoms. The van der Waals surface area contributed by atoms with E-state index in [2.05, 4.69) is 36.1 Å². The van der Waals surface area contributed by atoms with E-state index >= 15 is 0 Å². The van der Waals surface area contributed by atoms with Crippen molar-refractivity contribution in [3.63, 3.8) is 0 Å². The van der Waals surface area contributed by atoms with Gasteiger partial charge in [-0.05, 0) is 55.6 Å². The van der Waals surface area contributed by atoms with Crippen LogP contribution in [0.5, 0.6) is 0 Å². The number of amides is 3. The van der Waals surface area contributed by atoms with Crippen LogP contribution in [0.1, 0.15) is 64.3 Å². The molecule has 1 spiro atoms. The number of urea groups is 1. The number of aromatic amines is 1. The van der Waals surface area contributed by atoms with E-state index in [1.54, 1.807) is 12.1 Å². The summed E-state index contributed by atoms with van der Waals surface area (Å²) in [4.78, 5) is 58.4. The minimum absolute atomic E-state index is 0.188. The van der Waals surface area contributed by atoms with Gasteiger partial charge in [-0.15, -0.1) is 0 Å². The first-order chi connectivity index (χ1) is 16.1. The smallest absolute Gasteiger partial charge is 0.326 e. The third kappa shape index (κ3) is 4.31. The Balaban J connectivity index is 1.38. The van der Waals surface area contributed by atoms with E-state index in [1.165, 1.54) is 0 Å². The zero-order chi connectivity index (χ0) is 24.7. The van der Waals surface area contributed by atoms with Crippen LogP contribution in [0.15, 0.2) is 23.0 Å². The predicted molar refractivity (Wildman–Crippen MR) is 126 cm³/mol. The average Bonchev–Trinajstić information content (AvgIpc) is 3.02. The molecule has 4 rings (SSSR count). The third-order valence-electron chi connectivity index (χ3n) is 7.75. The number of benzene rings is 1. The molecule has 1 aliphatic carbocycles. The van der Waals surface area contributed by atoms with Gasteiger partial charge >= 0.3 is 12.0 Å². The number of aryl methyl sites for hydroxylation is 1. The highest BCUT2D eigenvalue weighted by atomic mass is 16.5. The van der Waals surface area contributed by atoms with Gasteiger partial charge in [-0.3, -0.25) is 19.3 Å². The van der Waals surface area contributed by atoms with E-state index in [1.807, 2.05) is 13.0 Å². The lowest BCUT2D eigenvalue weighted by molar-refractivity contribution is -0.149. The zero-order valence-electron chi connectivity index (χ0n) is 20.2. The maximum Gasteiger partial charge on any atom is 0.326 e. The summed E-state index contributed by atoms with van der Waals surface area (Å²) in [6.07, 6.45) is 3.90. The summed E-state index contributed by atoms with van der Waals surface area (Å²) in [7, 11) is 0. The van der Waals surface area contributed by atoms with Crippen molar-refractivity contribution in [2.75, 3.05) is 6.54 Å². The summed E-state index contributed by atoms with van der Waals surface area (Å²) in [5.41, 5.74) is 0.304. The van der Waals surface area contributed by atoms with Crippen LogP contribution in [0.4, 0.5) is 4.79 Å². The van der Waals surface area contributed by atoms with Gasteiger partial charge in [0.1, 0.15) is 24.5 Å². The maximum absolute atomic E-state index is 13.1. The van der Waals surface area contributed by atoms with E-state index in [4.69, 9.17) is 4.74 Å². The normalized spacial score (nSPS) is 22.9. The molecule has 3 amide bonds. The van der Waals surface area contributed by atoms with Crippen molar-refractivity contribution in [1.29, 1.82) is 0 Å². The first kappa shape index (κ1) is 23.9. The molecule has 0 unspecified atom stereocenters. The van der Waals surface area contributed by atoms with Crippen molar-refractivity contribution in [3.8, 4) is 0 Å². The number of hydrogen-bond donors (Lipinski definition) is 2. The third-order valence-corrected chi connectivity index (χ3v) is 7.75. The van der Waals surface area contributed by atoms with Crippen LogP contribution in [-0.4, -0.2) is 44.9 Å². The van der Waals surface area contributed by atoms with Crippen LogP contribution in [0.2, 0.25) is 0 Å². The molecule has 1 aromatic carbocycles. The lowest BCUT2D eigenvalue weighted by Crippen LogP contribution is -2.51. The Morgan fingerprint density at radius 1 is 1.24 bits per heavy atom. The van der Waals surface area contributed by atoms with Gasteiger partial charge in [0, 0.05) is 0 Å². The molecule has 2 aromatic rings. The number of fused-ring (bicyclic) bond motifs is 1. The minimum atomic E-state index is -0.930. The van der Waals surface area contributed by atoms with Gasteiger partial charge in [0.05, 0.1) is 10.9 Å². The number of hydrogen-bond acceptors (Lipinski definition) is 6. The van der Waals surface area contributed by atoms with Crippen molar-refractivity contribution in [2.45, 2.75) is 71.9 Å².